The monoisotopic (exact) mass is 350 g/mol. The van der Waals surface area contributed by atoms with E-state index in [2.05, 4.69) is 26.6 Å². The van der Waals surface area contributed by atoms with E-state index >= 15 is 0 Å². The van der Waals surface area contributed by atoms with Gasteiger partial charge in [-0.1, -0.05) is 22.4 Å². The average molecular weight is 351 g/mol. The zero-order valence-electron chi connectivity index (χ0n) is 10.6. The molecule has 0 radical (unpaired) electrons. The van der Waals surface area contributed by atoms with E-state index in [9.17, 15) is 18.0 Å². The zero-order chi connectivity index (χ0) is 14.8. The van der Waals surface area contributed by atoms with Gasteiger partial charge in [-0.3, -0.25) is 4.79 Å². The van der Waals surface area contributed by atoms with E-state index in [-0.39, 0.29) is 5.69 Å². The van der Waals surface area contributed by atoms with Gasteiger partial charge in [0.05, 0.1) is 17.3 Å². The number of halogens is 4. The van der Waals surface area contributed by atoms with Crippen molar-refractivity contribution >= 4 is 27.5 Å². The number of alkyl halides is 3. The molecule has 1 fully saturated rings. The van der Waals surface area contributed by atoms with Crippen LogP contribution in [0.1, 0.15) is 24.8 Å². The number of anilines is 1. The van der Waals surface area contributed by atoms with Crippen LogP contribution in [0.3, 0.4) is 0 Å². The number of benzene rings is 1. The van der Waals surface area contributed by atoms with Gasteiger partial charge < -0.3 is 10.6 Å². The third-order valence-corrected chi connectivity index (χ3v) is 3.66. The molecule has 1 heterocycles. The molecule has 1 aromatic rings. The largest absolute Gasteiger partial charge is 0.418 e. The number of hydrogen-bond donors (Lipinski definition) is 2. The maximum absolute atomic E-state index is 12.9. The Kier molecular flexibility index (Phi) is 4.70. The summed E-state index contributed by atoms with van der Waals surface area (Å²) in [6.45, 7) is 0.713. The molecule has 7 heteroatoms. The predicted molar refractivity (Wildman–Crippen MR) is 73.4 cm³/mol. The molecule has 0 aliphatic carbocycles. The highest BCUT2D eigenvalue weighted by atomic mass is 79.9. The molecule has 3 nitrogen and oxygen atoms in total. The first-order valence-corrected chi connectivity index (χ1v) is 7.08. The quantitative estimate of drug-likeness (QED) is 0.856. The summed E-state index contributed by atoms with van der Waals surface area (Å²) in [5, 5.41) is 5.38. The Hall–Kier alpha value is -1.08. The van der Waals surface area contributed by atoms with Crippen LogP contribution >= 0.6 is 15.9 Å². The highest BCUT2D eigenvalue weighted by Gasteiger charge is 2.34. The SMILES string of the molecule is O=C(Nc1ccc(Br)cc1C(F)(F)F)[C@@H]1CCCCN1. The summed E-state index contributed by atoms with van der Waals surface area (Å²) in [5.41, 5.74) is -1.06. The first-order chi connectivity index (χ1) is 9.38. The summed E-state index contributed by atoms with van der Waals surface area (Å²) in [6.07, 6.45) is -1.98. The van der Waals surface area contributed by atoms with E-state index in [4.69, 9.17) is 0 Å². The van der Waals surface area contributed by atoms with E-state index in [1.165, 1.54) is 12.1 Å². The first kappa shape index (κ1) is 15.3. The molecule has 0 saturated carbocycles. The minimum Gasteiger partial charge on any atom is -0.324 e. The maximum Gasteiger partial charge on any atom is 0.418 e. The van der Waals surface area contributed by atoms with Gasteiger partial charge in [0.25, 0.3) is 0 Å². The fourth-order valence-electron chi connectivity index (χ4n) is 2.16. The Balaban J connectivity index is 2.18. The molecule has 20 heavy (non-hydrogen) atoms. The Bertz CT molecular complexity index is 499. The smallest absolute Gasteiger partial charge is 0.324 e. The third kappa shape index (κ3) is 3.73. The molecule has 0 spiro atoms. The number of nitrogens with one attached hydrogen (secondary N) is 2. The number of carbonyl (C=O) groups excluding carboxylic acids is 1. The van der Waals surface area contributed by atoms with Crippen LogP contribution in [0.4, 0.5) is 18.9 Å². The Morgan fingerprint density at radius 1 is 1.35 bits per heavy atom. The molecule has 1 aliphatic rings. The van der Waals surface area contributed by atoms with Crippen molar-refractivity contribution in [2.75, 3.05) is 11.9 Å². The van der Waals surface area contributed by atoms with Crippen molar-refractivity contribution in [1.82, 2.24) is 5.32 Å². The molecule has 1 amide bonds. The average Bonchev–Trinajstić information content (AvgIpc) is 2.40. The number of rotatable bonds is 2. The number of piperidine rings is 1. The molecule has 0 unspecified atom stereocenters. The van der Waals surface area contributed by atoms with Crippen LogP contribution in [-0.2, 0) is 11.0 Å². The van der Waals surface area contributed by atoms with Gasteiger partial charge in [0.15, 0.2) is 0 Å². The minimum atomic E-state index is -4.51. The molecule has 0 aromatic heterocycles. The zero-order valence-corrected chi connectivity index (χ0v) is 12.1. The van der Waals surface area contributed by atoms with Crippen molar-refractivity contribution in [2.45, 2.75) is 31.5 Å². The summed E-state index contributed by atoms with van der Waals surface area (Å²) >= 11 is 3.01. The standard InChI is InChI=1S/C13H14BrF3N2O/c14-8-4-5-10(9(7-8)13(15,16)17)19-12(20)11-3-1-2-6-18-11/h4-5,7,11,18H,1-3,6H2,(H,19,20)/t11-/m0/s1. The van der Waals surface area contributed by atoms with Crippen LogP contribution in [0.25, 0.3) is 0 Å². The van der Waals surface area contributed by atoms with Crippen molar-refractivity contribution in [3.63, 3.8) is 0 Å². The summed E-state index contributed by atoms with van der Waals surface area (Å²) in [5.74, 6) is -0.419. The summed E-state index contributed by atoms with van der Waals surface area (Å²) in [7, 11) is 0. The second kappa shape index (κ2) is 6.13. The Labute approximate surface area is 123 Å². The first-order valence-electron chi connectivity index (χ1n) is 6.29. The number of amides is 1. The van der Waals surface area contributed by atoms with E-state index in [1.807, 2.05) is 0 Å². The van der Waals surface area contributed by atoms with Crippen molar-refractivity contribution in [2.24, 2.45) is 0 Å². The van der Waals surface area contributed by atoms with E-state index < -0.39 is 23.7 Å². The fourth-order valence-corrected chi connectivity index (χ4v) is 2.52. The van der Waals surface area contributed by atoms with Crippen LogP contribution < -0.4 is 10.6 Å². The van der Waals surface area contributed by atoms with Gasteiger partial charge in [-0.05, 0) is 37.6 Å². The maximum atomic E-state index is 12.9. The predicted octanol–water partition coefficient (Wildman–Crippen LogP) is 3.55. The lowest BCUT2D eigenvalue weighted by atomic mass is 10.0. The fraction of sp³-hybridized carbons (Fsp3) is 0.462. The molecule has 1 aromatic carbocycles. The van der Waals surface area contributed by atoms with Crippen molar-refractivity contribution in [1.29, 1.82) is 0 Å². The Morgan fingerprint density at radius 2 is 2.10 bits per heavy atom. The molecule has 2 N–H and O–H groups in total. The topological polar surface area (TPSA) is 41.1 Å². The van der Waals surface area contributed by atoms with Gasteiger partial charge in [-0.15, -0.1) is 0 Å². The van der Waals surface area contributed by atoms with Gasteiger partial charge in [0.2, 0.25) is 5.91 Å². The van der Waals surface area contributed by atoms with Gasteiger partial charge in [0, 0.05) is 4.47 Å². The minimum absolute atomic E-state index is 0.210. The number of carbonyl (C=O) groups is 1. The van der Waals surface area contributed by atoms with Gasteiger partial charge >= 0.3 is 6.18 Å². The Morgan fingerprint density at radius 3 is 2.70 bits per heavy atom. The van der Waals surface area contributed by atoms with Crippen LogP contribution in [0.15, 0.2) is 22.7 Å². The van der Waals surface area contributed by atoms with Gasteiger partial charge in [0.1, 0.15) is 0 Å². The van der Waals surface area contributed by atoms with E-state index in [1.54, 1.807) is 0 Å². The van der Waals surface area contributed by atoms with Crippen LogP contribution in [0.5, 0.6) is 0 Å². The normalized spacial score (nSPS) is 19.7. The van der Waals surface area contributed by atoms with Crippen LogP contribution in [0.2, 0.25) is 0 Å². The molecule has 1 atom stereocenters. The van der Waals surface area contributed by atoms with Crippen LogP contribution in [-0.4, -0.2) is 18.5 Å². The lowest BCUT2D eigenvalue weighted by Crippen LogP contribution is -2.43. The van der Waals surface area contributed by atoms with Crippen molar-refractivity contribution in [3.05, 3.63) is 28.2 Å². The molecule has 2 rings (SSSR count). The third-order valence-electron chi connectivity index (χ3n) is 3.17. The molecule has 1 aliphatic heterocycles. The van der Waals surface area contributed by atoms with Crippen LogP contribution in [0, 0.1) is 0 Å². The lowest BCUT2D eigenvalue weighted by molar-refractivity contribution is -0.137. The molecule has 0 bridgehead atoms. The second-order valence-corrected chi connectivity index (χ2v) is 5.60. The molecular formula is C13H14BrF3N2O. The van der Waals surface area contributed by atoms with Gasteiger partial charge in [-0.2, -0.15) is 13.2 Å². The number of hydrogen-bond acceptors (Lipinski definition) is 2. The highest BCUT2D eigenvalue weighted by molar-refractivity contribution is 9.10. The summed E-state index contributed by atoms with van der Waals surface area (Å²) < 4.78 is 39.1. The highest BCUT2D eigenvalue weighted by Crippen LogP contribution is 2.36. The molecule has 1 saturated heterocycles. The lowest BCUT2D eigenvalue weighted by Gasteiger charge is -2.23. The molecule has 110 valence electrons. The van der Waals surface area contributed by atoms with E-state index in [0.29, 0.717) is 17.4 Å². The summed E-state index contributed by atoms with van der Waals surface area (Å²) in [6, 6.07) is 3.27. The van der Waals surface area contributed by atoms with Crippen molar-refractivity contribution in [3.8, 4) is 0 Å². The summed E-state index contributed by atoms with van der Waals surface area (Å²) in [4.78, 5) is 12.0. The van der Waals surface area contributed by atoms with Crippen molar-refractivity contribution < 1.29 is 18.0 Å². The van der Waals surface area contributed by atoms with Gasteiger partial charge in [-0.25, -0.2) is 0 Å². The second-order valence-electron chi connectivity index (χ2n) is 4.68. The van der Waals surface area contributed by atoms with E-state index in [0.717, 1.165) is 18.9 Å². The molecular weight excluding hydrogens is 337 g/mol.